The van der Waals surface area contributed by atoms with Gasteiger partial charge in [0, 0.05) is 21.6 Å². The summed E-state index contributed by atoms with van der Waals surface area (Å²) in [6.45, 7) is 0. The van der Waals surface area contributed by atoms with Crippen LogP contribution in [-0.2, 0) is 4.84 Å². The van der Waals surface area contributed by atoms with Gasteiger partial charge in [0.25, 0.3) is 5.91 Å². The molecule has 0 saturated carbocycles. The Bertz CT molecular complexity index is 553. The molecule has 1 amide bonds. The molecule has 6 heteroatoms. The maximum absolute atomic E-state index is 11.6. The highest BCUT2D eigenvalue weighted by atomic mass is 79.9. The lowest BCUT2D eigenvalue weighted by Crippen LogP contribution is -2.21. The van der Waals surface area contributed by atoms with Crippen LogP contribution in [0.4, 0.5) is 0 Å². The molecule has 0 spiro atoms. The Labute approximate surface area is 105 Å². The average molecular weight is 304 g/mol. The number of hydrogen-bond donors (Lipinski definition) is 2. The minimum atomic E-state index is -0.303. The summed E-state index contributed by atoms with van der Waals surface area (Å²) in [5.74, 6) is -0.303. The highest BCUT2D eigenvalue weighted by Gasteiger charge is 2.13. The molecule has 0 radical (unpaired) electrons. The van der Waals surface area contributed by atoms with Gasteiger partial charge >= 0.3 is 0 Å². The van der Waals surface area contributed by atoms with Crippen molar-refractivity contribution >= 4 is 44.3 Å². The van der Waals surface area contributed by atoms with Gasteiger partial charge in [-0.25, -0.2) is 5.48 Å². The number of aromatic amines is 1. The fourth-order valence-corrected chi connectivity index (χ4v) is 1.96. The van der Waals surface area contributed by atoms with Crippen LogP contribution in [0.2, 0.25) is 5.02 Å². The van der Waals surface area contributed by atoms with Crippen LogP contribution in [0.15, 0.2) is 22.8 Å². The Balaban J connectivity index is 2.56. The Morgan fingerprint density at radius 3 is 3.00 bits per heavy atom. The highest BCUT2D eigenvalue weighted by Crippen LogP contribution is 2.29. The topological polar surface area (TPSA) is 54.1 Å². The molecule has 4 nitrogen and oxygen atoms in total. The first-order chi connectivity index (χ1) is 7.63. The van der Waals surface area contributed by atoms with Crippen LogP contribution >= 0.6 is 27.5 Å². The van der Waals surface area contributed by atoms with E-state index in [0.717, 1.165) is 15.4 Å². The highest BCUT2D eigenvalue weighted by molar-refractivity contribution is 9.10. The van der Waals surface area contributed by atoms with Gasteiger partial charge in [-0.15, -0.1) is 0 Å². The Hall–Kier alpha value is -1.04. The number of rotatable bonds is 2. The predicted octanol–water partition coefficient (Wildman–Crippen LogP) is 2.88. The number of carbonyl (C=O) groups excluding carboxylic acids is 1. The Morgan fingerprint density at radius 2 is 2.31 bits per heavy atom. The number of halogens is 2. The molecule has 0 aliphatic rings. The van der Waals surface area contributed by atoms with Crippen LogP contribution in [0, 0.1) is 0 Å². The summed E-state index contributed by atoms with van der Waals surface area (Å²) >= 11 is 9.26. The number of carbonyl (C=O) groups is 1. The van der Waals surface area contributed by atoms with E-state index in [1.54, 1.807) is 18.3 Å². The first-order valence-electron chi connectivity index (χ1n) is 4.43. The number of hydroxylamine groups is 1. The molecule has 0 fully saturated rings. The van der Waals surface area contributed by atoms with Gasteiger partial charge in [0.1, 0.15) is 0 Å². The monoisotopic (exact) mass is 302 g/mol. The van der Waals surface area contributed by atoms with E-state index in [9.17, 15) is 4.79 Å². The van der Waals surface area contributed by atoms with E-state index in [2.05, 4.69) is 31.2 Å². The van der Waals surface area contributed by atoms with Gasteiger partial charge in [-0.1, -0.05) is 11.6 Å². The normalized spacial score (nSPS) is 10.7. The van der Waals surface area contributed by atoms with Gasteiger partial charge < -0.3 is 4.98 Å². The summed E-state index contributed by atoms with van der Waals surface area (Å²) in [7, 11) is 1.39. The minimum absolute atomic E-state index is 0.303. The van der Waals surface area contributed by atoms with Gasteiger partial charge in [0.05, 0.1) is 17.7 Å². The van der Waals surface area contributed by atoms with Crippen molar-refractivity contribution in [1.82, 2.24) is 10.5 Å². The first-order valence-corrected chi connectivity index (χ1v) is 5.60. The molecule has 2 aromatic rings. The lowest BCUT2D eigenvalue weighted by atomic mass is 10.2. The van der Waals surface area contributed by atoms with Crippen molar-refractivity contribution in [3.05, 3.63) is 33.4 Å². The van der Waals surface area contributed by atoms with E-state index in [-0.39, 0.29) is 5.91 Å². The van der Waals surface area contributed by atoms with Gasteiger partial charge in [0.15, 0.2) is 0 Å². The van der Waals surface area contributed by atoms with Crippen LogP contribution in [-0.4, -0.2) is 18.0 Å². The summed E-state index contributed by atoms with van der Waals surface area (Å²) in [4.78, 5) is 19.2. The quantitative estimate of drug-likeness (QED) is 0.838. The molecule has 0 saturated heterocycles. The van der Waals surface area contributed by atoms with E-state index in [1.165, 1.54) is 7.11 Å². The van der Waals surface area contributed by atoms with Crippen LogP contribution < -0.4 is 5.48 Å². The Kier molecular flexibility index (Phi) is 3.18. The molecule has 0 bridgehead atoms. The fourth-order valence-electron chi connectivity index (χ4n) is 1.45. The summed E-state index contributed by atoms with van der Waals surface area (Å²) in [6, 6.07) is 3.54. The molecule has 1 aromatic heterocycles. The standard InChI is InChI=1S/C10H8BrClN2O2/c1-16-14-10(15)6-4-13-9-3-8(12)7(11)2-5(6)9/h2-4,13H,1H3,(H,14,15). The summed E-state index contributed by atoms with van der Waals surface area (Å²) in [6.07, 6.45) is 1.61. The van der Waals surface area contributed by atoms with Gasteiger partial charge in [-0.3, -0.25) is 9.63 Å². The number of nitrogens with one attached hydrogen (secondary N) is 2. The number of aromatic nitrogens is 1. The third kappa shape index (κ3) is 1.93. The second-order valence-corrected chi connectivity index (χ2v) is 4.41. The van der Waals surface area contributed by atoms with Crippen LogP contribution in [0.3, 0.4) is 0 Å². The smallest absolute Gasteiger partial charge is 0.276 e. The fraction of sp³-hybridized carbons (Fsp3) is 0.100. The van der Waals surface area contributed by atoms with Crippen LogP contribution in [0.1, 0.15) is 10.4 Å². The molecular formula is C10H8BrClN2O2. The number of amides is 1. The van der Waals surface area contributed by atoms with Crippen LogP contribution in [0.5, 0.6) is 0 Å². The molecule has 2 rings (SSSR count). The molecule has 0 atom stereocenters. The van der Waals surface area contributed by atoms with Crippen molar-refractivity contribution in [2.45, 2.75) is 0 Å². The van der Waals surface area contributed by atoms with E-state index < -0.39 is 0 Å². The van der Waals surface area contributed by atoms with Crippen molar-refractivity contribution in [3.63, 3.8) is 0 Å². The summed E-state index contributed by atoms with van der Waals surface area (Å²) in [5.41, 5.74) is 3.58. The van der Waals surface area contributed by atoms with Gasteiger partial charge in [-0.05, 0) is 28.1 Å². The Morgan fingerprint density at radius 1 is 1.56 bits per heavy atom. The molecule has 1 aromatic carbocycles. The second-order valence-electron chi connectivity index (χ2n) is 3.15. The van der Waals surface area contributed by atoms with Crippen molar-refractivity contribution < 1.29 is 9.63 Å². The second kappa shape index (κ2) is 4.45. The SMILES string of the molecule is CONC(=O)c1c[nH]c2cc(Cl)c(Br)cc12. The molecule has 2 N–H and O–H groups in total. The number of H-pyrrole nitrogens is 1. The third-order valence-corrected chi connectivity index (χ3v) is 3.36. The molecule has 1 heterocycles. The summed E-state index contributed by atoms with van der Waals surface area (Å²) in [5, 5.41) is 1.37. The molecule has 0 unspecified atom stereocenters. The lowest BCUT2D eigenvalue weighted by molar-refractivity contribution is 0.0539. The lowest BCUT2D eigenvalue weighted by Gasteiger charge is -2.01. The third-order valence-electron chi connectivity index (χ3n) is 2.16. The largest absolute Gasteiger partial charge is 0.360 e. The maximum atomic E-state index is 11.6. The first kappa shape index (κ1) is 11.4. The van der Waals surface area contributed by atoms with E-state index in [4.69, 9.17) is 11.6 Å². The van der Waals surface area contributed by atoms with Crippen molar-refractivity contribution in [1.29, 1.82) is 0 Å². The maximum Gasteiger partial charge on any atom is 0.276 e. The molecule has 0 aliphatic heterocycles. The van der Waals surface area contributed by atoms with Crippen molar-refractivity contribution in [2.75, 3.05) is 7.11 Å². The number of hydrogen-bond acceptors (Lipinski definition) is 2. The van der Waals surface area contributed by atoms with Crippen molar-refractivity contribution in [2.24, 2.45) is 0 Å². The number of benzene rings is 1. The van der Waals surface area contributed by atoms with Gasteiger partial charge in [-0.2, -0.15) is 0 Å². The van der Waals surface area contributed by atoms with Crippen molar-refractivity contribution in [3.8, 4) is 0 Å². The molecule has 16 heavy (non-hydrogen) atoms. The van der Waals surface area contributed by atoms with E-state index >= 15 is 0 Å². The molecular weight excluding hydrogens is 295 g/mol. The number of fused-ring (bicyclic) bond motifs is 1. The predicted molar refractivity (Wildman–Crippen MR) is 65.5 cm³/mol. The summed E-state index contributed by atoms with van der Waals surface area (Å²) < 4.78 is 0.743. The zero-order valence-corrected chi connectivity index (χ0v) is 10.6. The van der Waals surface area contributed by atoms with Crippen LogP contribution in [0.25, 0.3) is 10.9 Å². The van der Waals surface area contributed by atoms with Gasteiger partial charge in [0.2, 0.25) is 0 Å². The minimum Gasteiger partial charge on any atom is -0.360 e. The molecule has 84 valence electrons. The zero-order valence-electron chi connectivity index (χ0n) is 8.30. The zero-order chi connectivity index (χ0) is 11.7. The van der Waals surface area contributed by atoms with E-state index in [0.29, 0.717) is 10.6 Å². The van der Waals surface area contributed by atoms with E-state index in [1.807, 2.05) is 0 Å². The average Bonchev–Trinajstić information content (AvgIpc) is 2.62. The molecule has 0 aliphatic carbocycles.